The fourth-order valence-electron chi connectivity index (χ4n) is 1.44. The number of aromatic nitrogens is 3. The monoisotopic (exact) mass is 238 g/mol. The third-order valence-corrected chi connectivity index (χ3v) is 2.39. The number of anilines is 3. The Bertz CT molecular complexity index is 348. The summed E-state index contributed by atoms with van der Waals surface area (Å²) in [6.45, 7) is 8.79. The van der Waals surface area contributed by atoms with E-state index in [1.54, 1.807) is 0 Å². The predicted molar refractivity (Wildman–Crippen MR) is 71.9 cm³/mol. The van der Waals surface area contributed by atoms with E-state index in [1.165, 1.54) is 0 Å². The van der Waals surface area contributed by atoms with Gasteiger partial charge in [0.2, 0.25) is 17.8 Å². The molecule has 0 bridgehead atoms. The second-order valence-electron chi connectivity index (χ2n) is 3.86. The molecular weight excluding hydrogens is 216 g/mol. The molecule has 6 nitrogen and oxygen atoms in total. The van der Waals surface area contributed by atoms with Gasteiger partial charge in [-0.1, -0.05) is 0 Å². The van der Waals surface area contributed by atoms with E-state index in [-0.39, 0.29) is 0 Å². The third-order valence-electron chi connectivity index (χ3n) is 2.39. The maximum atomic E-state index is 4.45. The zero-order chi connectivity index (χ0) is 12.8. The van der Waals surface area contributed by atoms with Gasteiger partial charge in [0.05, 0.1) is 0 Å². The first-order valence-corrected chi connectivity index (χ1v) is 6.04. The Balaban J connectivity index is 3.10. The standard InChI is InChI=1S/C11H22N6/c1-6-12-9-13-10(16(4)5)15-11(14-9)17(7-2)8-3/h6-8H2,1-5H3,(H,12,13,14,15). The molecule has 0 spiro atoms. The van der Waals surface area contributed by atoms with Crippen LogP contribution in [0.25, 0.3) is 0 Å². The van der Waals surface area contributed by atoms with Crippen molar-refractivity contribution in [1.82, 2.24) is 15.0 Å². The SMILES string of the molecule is CCNc1nc(N(C)C)nc(N(CC)CC)n1. The summed E-state index contributed by atoms with van der Waals surface area (Å²) in [4.78, 5) is 17.2. The molecule has 0 aromatic carbocycles. The van der Waals surface area contributed by atoms with Crippen molar-refractivity contribution in [2.24, 2.45) is 0 Å². The summed E-state index contributed by atoms with van der Waals surface area (Å²) in [5.41, 5.74) is 0. The Morgan fingerprint density at radius 3 is 2.00 bits per heavy atom. The molecule has 1 aromatic heterocycles. The highest BCUT2D eigenvalue weighted by atomic mass is 15.3. The second kappa shape index (κ2) is 6.22. The van der Waals surface area contributed by atoms with Crippen LogP contribution in [-0.2, 0) is 0 Å². The molecule has 96 valence electrons. The van der Waals surface area contributed by atoms with Crippen molar-refractivity contribution in [1.29, 1.82) is 0 Å². The van der Waals surface area contributed by atoms with Crippen molar-refractivity contribution in [2.45, 2.75) is 20.8 Å². The summed E-state index contributed by atoms with van der Waals surface area (Å²) < 4.78 is 0. The Hall–Kier alpha value is -1.59. The van der Waals surface area contributed by atoms with Gasteiger partial charge in [-0.05, 0) is 20.8 Å². The van der Waals surface area contributed by atoms with Crippen LogP contribution in [0.3, 0.4) is 0 Å². The van der Waals surface area contributed by atoms with Gasteiger partial charge >= 0.3 is 0 Å². The van der Waals surface area contributed by atoms with Gasteiger partial charge in [-0.2, -0.15) is 15.0 Å². The summed E-state index contributed by atoms with van der Waals surface area (Å²) in [5, 5.41) is 3.13. The van der Waals surface area contributed by atoms with Crippen LogP contribution in [0.1, 0.15) is 20.8 Å². The lowest BCUT2D eigenvalue weighted by Crippen LogP contribution is -2.26. The van der Waals surface area contributed by atoms with Crippen LogP contribution < -0.4 is 15.1 Å². The maximum absolute atomic E-state index is 4.45. The Morgan fingerprint density at radius 2 is 1.53 bits per heavy atom. The zero-order valence-electron chi connectivity index (χ0n) is 11.4. The minimum Gasteiger partial charge on any atom is -0.354 e. The van der Waals surface area contributed by atoms with E-state index in [4.69, 9.17) is 0 Å². The minimum absolute atomic E-state index is 0.633. The normalized spacial score (nSPS) is 10.2. The van der Waals surface area contributed by atoms with Crippen LogP contribution in [-0.4, -0.2) is 48.7 Å². The molecule has 0 amide bonds. The van der Waals surface area contributed by atoms with Crippen LogP contribution in [0, 0.1) is 0 Å². The van der Waals surface area contributed by atoms with Crippen LogP contribution >= 0.6 is 0 Å². The van der Waals surface area contributed by atoms with Crippen molar-refractivity contribution in [2.75, 3.05) is 48.8 Å². The van der Waals surface area contributed by atoms with Crippen molar-refractivity contribution in [3.63, 3.8) is 0 Å². The van der Waals surface area contributed by atoms with Gasteiger partial charge in [0.1, 0.15) is 0 Å². The van der Waals surface area contributed by atoms with Crippen LogP contribution in [0.5, 0.6) is 0 Å². The third kappa shape index (κ3) is 3.44. The summed E-state index contributed by atoms with van der Waals surface area (Å²) in [5.74, 6) is 2.04. The summed E-state index contributed by atoms with van der Waals surface area (Å²) in [6.07, 6.45) is 0. The van der Waals surface area contributed by atoms with E-state index in [9.17, 15) is 0 Å². The van der Waals surface area contributed by atoms with Gasteiger partial charge in [0.15, 0.2) is 0 Å². The highest BCUT2D eigenvalue weighted by Gasteiger charge is 2.11. The molecule has 0 unspecified atom stereocenters. The fraction of sp³-hybridized carbons (Fsp3) is 0.727. The lowest BCUT2D eigenvalue weighted by atomic mass is 10.5. The number of nitrogens with zero attached hydrogens (tertiary/aromatic N) is 5. The highest BCUT2D eigenvalue weighted by molar-refractivity contribution is 5.44. The topological polar surface area (TPSA) is 57.2 Å². The zero-order valence-corrected chi connectivity index (χ0v) is 11.4. The molecule has 0 aliphatic carbocycles. The van der Waals surface area contributed by atoms with E-state index < -0.39 is 0 Å². The Morgan fingerprint density at radius 1 is 0.941 bits per heavy atom. The first-order valence-electron chi connectivity index (χ1n) is 6.04. The average molecular weight is 238 g/mol. The molecule has 0 radical (unpaired) electrons. The van der Waals surface area contributed by atoms with Crippen LogP contribution in [0.4, 0.5) is 17.8 Å². The molecule has 6 heteroatoms. The first-order chi connectivity index (χ1) is 8.12. The van der Waals surface area contributed by atoms with Crippen molar-refractivity contribution in [3.8, 4) is 0 Å². The second-order valence-corrected chi connectivity index (χ2v) is 3.86. The van der Waals surface area contributed by atoms with E-state index in [0.29, 0.717) is 11.9 Å². The van der Waals surface area contributed by atoms with Crippen LogP contribution in [0.2, 0.25) is 0 Å². The lowest BCUT2D eigenvalue weighted by molar-refractivity contribution is 0.806. The molecule has 1 N–H and O–H groups in total. The number of hydrogen-bond acceptors (Lipinski definition) is 6. The van der Waals surface area contributed by atoms with E-state index in [2.05, 4.69) is 39.0 Å². The Labute approximate surface area is 103 Å². The molecule has 1 aromatic rings. The minimum atomic E-state index is 0.633. The molecule has 0 aliphatic heterocycles. The molecule has 0 aliphatic rings. The van der Waals surface area contributed by atoms with Gasteiger partial charge in [-0.15, -0.1) is 0 Å². The molecule has 0 saturated carbocycles. The molecule has 0 atom stereocenters. The summed E-state index contributed by atoms with van der Waals surface area (Å²) in [7, 11) is 3.86. The Kier molecular flexibility index (Phi) is 4.93. The molecule has 17 heavy (non-hydrogen) atoms. The van der Waals surface area contributed by atoms with Gasteiger partial charge in [-0.25, -0.2) is 0 Å². The quantitative estimate of drug-likeness (QED) is 0.804. The molecule has 1 heterocycles. The number of rotatable bonds is 6. The first kappa shape index (κ1) is 13.5. The van der Waals surface area contributed by atoms with Crippen molar-refractivity contribution < 1.29 is 0 Å². The van der Waals surface area contributed by atoms with Gasteiger partial charge in [0.25, 0.3) is 0 Å². The predicted octanol–water partition coefficient (Wildman–Crippen LogP) is 1.22. The van der Waals surface area contributed by atoms with Crippen molar-refractivity contribution in [3.05, 3.63) is 0 Å². The maximum Gasteiger partial charge on any atom is 0.231 e. The van der Waals surface area contributed by atoms with E-state index in [0.717, 1.165) is 25.6 Å². The van der Waals surface area contributed by atoms with Gasteiger partial charge < -0.3 is 15.1 Å². The van der Waals surface area contributed by atoms with Crippen molar-refractivity contribution >= 4 is 17.8 Å². The summed E-state index contributed by atoms with van der Waals surface area (Å²) in [6, 6.07) is 0. The van der Waals surface area contributed by atoms with Gasteiger partial charge in [-0.3, -0.25) is 0 Å². The molecule has 0 fully saturated rings. The molecular formula is C11H22N6. The van der Waals surface area contributed by atoms with Gasteiger partial charge in [0, 0.05) is 33.7 Å². The molecule has 1 rings (SSSR count). The fourth-order valence-corrected chi connectivity index (χ4v) is 1.44. The van der Waals surface area contributed by atoms with Crippen LogP contribution in [0.15, 0.2) is 0 Å². The molecule has 0 saturated heterocycles. The number of hydrogen-bond donors (Lipinski definition) is 1. The number of nitrogens with one attached hydrogen (secondary N) is 1. The summed E-state index contributed by atoms with van der Waals surface area (Å²) >= 11 is 0. The van der Waals surface area contributed by atoms with E-state index in [1.807, 2.05) is 25.9 Å². The largest absolute Gasteiger partial charge is 0.354 e. The smallest absolute Gasteiger partial charge is 0.231 e. The average Bonchev–Trinajstić information content (AvgIpc) is 2.31. The van der Waals surface area contributed by atoms with E-state index >= 15 is 0 Å². The lowest BCUT2D eigenvalue weighted by Gasteiger charge is -2.21. The highest BCUT2D eigenvalue weighted by Crippen LogP contribution is 2.14.